The van der Waals surface area contributed by atoms with Crippen molar-refractivity contribution in [2.24, 2.45) is 5.41 Å². The highest BCUT2D eigenvalue weighted by Crippen LogP contribution is 2.29. The summed E-state index contributed by atoms with van der Waals surface area (Å²) < 4.78 is 23.9. The quantitative estimate of drug-likeness (QED) is 0.862. The molecule has 1 aliphatic rings. The van der Waals surface area contributed by atoms with Gasteiger partial charge in [-0.2, -0.15) is 0 Å². The zero-order valence-electron chi connectivity index (χ0n) is 12.1. The molecular weight excluding hydrogens is 261 g/mol. The fourth-order valence-corrected chi connectivity index (χ4v) is 2.70. The average molecular weight is 283 g/mol. The third-order valence-electron chi connectivity index (χ3n) is 3.79. The number of methoxy groups -OCH3 is 1. The molecule has 2 rings (SSSR count). The summed E-state index contributed by atoms with van der Waals surface area (Å²) in [5.41, 5.74) is 0.706. The lowest BCUT2D eigenvalue weighted by atomic mass is 9.88. The third kappa shape index (κ3) is 3.48. The van der Waals surface area contributed by atoms with Crippen LogP contribution in [0.2, 0.25) is 0 Å². The minimum atomic E-state index is -0.348. The van der Waals surface area contributed by atoms with Crippen LogP contribution in [-0.2, 0) is 11.3 Å². The van der Waals surface area contributed by atoms with Crippen molar-refractivity contribution in [2.75, 3.05) is 40.5 Å². The van der Waals surface area contributed by atoms with Gasteiger partial charge in [0, 0.05) is 25.1 Å². The van der Waals surface area contributed by atoms with Gasteiger partial charge in [0.05, 0.1) is 20.3 Å². The van der Waals surface area contributed by atoms with E-state index in [1.807, 2.05) is 13.1 Å². The van der Waals surface area contributed by atoms with Crippen LogP contribution in [0.5, 0.6) is 5.75 Å². The van der Waals surface area contributed by atoms with Crippen LogP contribution >= 0.6 is 0 Å². The van der Waals surface area contributed by atoms with Crippen LogP contribution in [0.4, 0.5) is 4.39 Å². The normalized spacial score (nSPS) is 22.4. The van der Waals surface area contributed by atoms with Crippen molar-refractivity contribution in [3.8, 4) is 5.75 Å². The molecule has 1 fully saturated rings. The first-order valence-electron chi connectivity index (χ1n) is 6.78. The van der Waals surface area contributed by atoms with Crippen LogP contribution in [0.3, 0.4) is 0 Å². The Labute approximate surface area is 119 Å². The molecule has 1 heterocycles. The van der Waals surface area contributed by atoms with E-state index in [0.29, 0.717) is 19.8 Å². The summed E-state index contributed by atoms with van der Waals surface area (Å²) in [5, 5.41) is 9.56. The second-order valence-corrected chi connectivity index (χ2v) is 5.60. The van der Waals surface area contributed by atoms with Crippen LogP contribution < -0.4 is 4.74 Å². The van der Waals surface area contributed by atoms with Gasteiger partial charge in [0.1, 0.15) is 0 Å². The molecule has 1 aromatic rings. The van der Waals surface area contributed by atoms with Gasteiger partial charge in [-0.3, -0.25) is 0 Å². The molecule has 112 valence electrons. The second kappa shape index (κ2) is 6.52. The van der Waals surface area contributed by atoms with Gasteiger partial charge >= 0.3 is 0 Å². The van der Waals surface area contributed by atoms with Crippen molar-refractivity contribution in [1.82, 2.24) is 4.90 Å². The molecule has 1 aliphatic heterocycles. The van der Waals surface area contributed by atoms with E-state index in [4.69, 9.17) is 9.47 Å². The fraction of sp³-hybridized carbons (Fsp3) is 0.600. The van der Waals surface area contributed by atoms with E-state index in [2.05, 4.69) is 4.90 Å². The number of aliphatic hydroxyl groups is 1. The van der Waals surface area contributed by atoms with Gasteiger partial charge in [-0.25, -0.2) is 4.39 Å². The van der Waals surface area contributed by atoms with E-state index in [1.54, 1.807) is 6.07 Å². The van der Waals surface area contributed by atoms with Gasteiger partial charge in [0.2, 0.25) is 0 Å². The molecule has 0 aromatic heterocycles. The molecule has 0 aliphatic carbocycles. The van der Waals surface area contributed by atoms with Crippen molar-refractivity contribution in [3.05, 3.63) is 29.6 Å². The van der Waals surface area contributed by atoms with Crippen molar-refractivity contribution >= 4 is 0 Å². The Morgan fingerprint density at radius 2 is 2.30 bits per heavy atom. The van der Waals surface area contributed by atoms with Crippen molar-refractivity contribution in [1.29, 1.82) is 0 Å². The number of nitrogens with zero attached hydrogens (tertiary/aromatic N) is 1. The van der Waals surface area contributed by atoms with E-state index in [-0.39, 0.29) is 23.6 Å². The zero-order valence-corrected chi connectivity index (χ0v) is 12.1. The van der Waals surface area contributed by atoms with Gasteiger partial charge in [0.15, 0.2) is 11.6 Å². The third-order valence-corrected chi connectivity index (χ3v) is 3.79. The number of rotatable bonds is 6. The molecule has 0 amide bonds. The van der Waals surface area contributed by atoms with E-state index in [1.165, 1.54) is 13.2 Å². The summed E-state index contributed by atoms with van der Waals surface area (Å²) in [6.07, 6.45) is 0.866. The molecule has 0 bridgehead atoms. The first-order chi connectivity index (χ1) is 9.58. The standard InChI is InChI=1S/C15H22FNO3/c1-17(9-15(10-18)5-6-20-11-15)8-12-3-4-14(19-2)13(16)7-12/h3-4,7,18H,5-6,8-11H2,1-2H3. The number of benzene rings is 1. The lowest BCUT2D eigenvalue weighted by molar-refractivity contribution is 0.0624. The molecule has 0 spiro atoms. The largest absolute Gasteiger partial charge is 0.494 e. The van der Waals surface area contributed by atoms with Crippen LogP contribution in [0, 0.1) is 11.2 Å². The number of halogens is 1. The first-order valence-corrected chi connectivity index (χ1v) is 6.78. The topological polar surface area (TPSA) is 41.9 Å². The van der Waals surface area contributed by atoms with Crippen molar-refractivity contribution < 1.29 is 19.0 Å². The van der Waals surface area contributed by atoms with Gasteiger partial charge in [-0.05, 0) is 31.2 Å². The Kier molecular flexibility index (Phi) is 4.96. The number of hydrogen-bond donors (Lipinski definition) is 1. The second-order valence-electron chi connectivity index (χ2n) is 5.60. The van der Waals surface area contributed by atoms with Gasteiger partial charge in [-0.15, -0.1) is 0 Å². The Bertz CT molecular complexity index is 447. The Morgan fingerprint density at radius 3 is 2.85 bits per heavy atom. The van der Waals surface area contributed by atoms with E-state index in [9.17, 15) is 9.50 Å². The summed E-state index contributed by atoms with van der Waals surface area (Å²) >= 11 is 0. The lowest BCUT2D eigenvalue weighted by Crippen LogP contribution is -2.38. The highest BCUT2D eigenvalue weighted by atomic mass is 19.1. The molecule has 1 N–H and O–H groups in total. The average Bonchev–Trinajstić information content (AvgIpc) is 2.88. The molecule has 5 heteroatoms. The maximum Gasteiger partial charge on any atom is 0.165 e. The molecule has 0 radical (unpaired) electrons. The van der Waals surface area contributed by atoms with Gasteiger partial charge < -0.3 is 19.5 Å². The number of aliphatic hydroxyl groups excluding tert-OH is 1. The van der Waals surface area contributed by atoms with Crippen LogP contribution in [0.25, 0.3) is 0 Å². The van der Waals surface area contributed by atoms with E-state index < -0.39 is 0 Å². The number of ether oxygens (including phenoxy) is 2. The first kappa shape index (κ1) is 15.2. The zero-order chi connectivity index (χ0) is 14.6. The van der Waals surface area contributed by atoms with Crippen LogP contribution in [-0.4, -0.2) is 50.5 Å². The summed E-state index contributed by atoms with van der Waals surface area (Å²) in [6, 6.07) is 4.99. The predicted octanol–water partition coefficient (Wildman–Crippen LogP) is 1.67. The van der Waals surface area contributed by atoms with E-state index in [0.717, 1.165) is 18.5 Å². The fourth-order valence-electron chi connectivity index (χ4n) is 2.70. The smallest absolute Gasteiger partial charge is 0.165 e. The molecular formula is C15H22FNO3. The predicted molar refractivity (Wildman–Crippen MR) is 74.2 cm³/mol. The maximum absolute atomic E-state index is 13.6. The molecule has 0 saturated carbocycles. The highest BCUT2D eigenvalue weighted by Gasteiger charge is 2.35. The van der Waals surface area contributed by atoms with Gasteiger partial charge in [0.25, 0.3) is 0 Å². The summed E-state index contributed by atoms with van der Waals surface area (Å²) in [6.45, 7) is 2.77. The molecule has 1 saturated heterocycles. The minimum absolute atomic E-state index is 0.119. The monoisotopic (exact) mass is 283 g/mol. The van der Waals surface area contributed by atoms with Gasteiger partial charge in [-0.1, -0.05) is 6.07 Å². The summed E-state index contributed by atoms with van der Waals surface area (Å²) in [5.74, 6) is -0.0908. The minimum Gasteiger partial charge on any atom is -0.494 e. The lowest BCUT2D eigenvalue weighted by Gasteiger charge is -2.30. The Balaban J connectivity index is 1.97. The highest BCUT2D eigenvalue weighted by molar-refractivity contribution is 5.29. The SMILES string of the molecule is COc1ccc(CN(C)CC2(CO)CCOC2)cc1F. The molecule has 4 nitrogen and oxygen atoms in total. The Hall–Kier alpha value is -1.17. The van der Waals surface area contributed by atoms with Crippen LogP contribution in [0.15, 0.2) is 18.2 Å². The molecule has 1 aromatic carbocycles. The molecule has 1 unspecified atom stereocenters. The molecule has 20 heavy (non-hydrogen) atoms. The summed E-state index contributed by atoms with van der Waals surface area (Å²) in [4.78, 5) is 2.09. The number of hydrogen-bond acceptors (Lipinski definition) is 4. The maximum atomic E-state index is 13.6. The van der Waals surface area contributed by atoms with Crippen molar-refractivity contribution in [3.63, 3.8) is 0 Å². The van der Waals surface area contributed by atoms with E-state index >= 15 is 0 Å². The molecule has 1 atom stereocenters. The Morgan fingerprint density at radius 1 is 1.50 bits per heavy atom. The van der Waals surface area contributed by atoms with Crippen molar-refractivity contribution in [2.45, 2.75) is 13.0 Å². The van der Waals surface area contributed by atoms with Crippen LogP contribution in [0.1, 0.15) is 12.0 Å². The summed E-state index contributed by atoms with van der Waals surface area (Å²) in [7, 11) is 3.42.